The second kappa shape index (κ2) is 5.45. The first kappa shape index (κ1) is 12.2. The van der Waals surface area contributed by atoms with Gasteiger partial charge < -0.3 is 4.57 Å². The Morgan fingerprint density at radius 1 is 1.16 bits per heavy atom. The van der Waals surface area contributed by atoms with Crippen molar-refractivity contribution in [3.8, 4) is 0 Å². The molecular formula is C15H15N3S. The predicted octanol–water partition coefficient (Wildman–Crippen LogP) is 3.74. The number of pyridine rings is 1. The molecule has 2 heterocycles. The molecule has 3 aromatic rings. The maximum Gasteiger partial charge on any atom is 0.169 e. The van der Waals surface area contributed by atoms with E-state index >= 15 is 0 Å². The van der Waals surface area contributed by atoms with Gasteiger partial charge in [-0.2, -0.15) is 0 Å². The minimum atomic E-state index is 0.900. The van der Waals surface area contributed by atoms with Crippen LogP contribution in [0.5, 0.6) is 0 Å². The van der Waals surface area contributed by atoms with Crippen molar-refractivity contribution in [3.05, 3.63) is 54.4 Å². The molecule has 0 amide bonds. The molecule has 0 spiro atoms. The lowest BCUT2D eigenvalue weighted by molar-refractivity contribution is 0.702. The number of fused-ring (bicyclic) bond motifs is 1. The van der Waals surface area contributed by atoms with Gasteiger partial charge in [0.1, 0.15) is 0 Å². The van der Waals surface area contributed by atoms with Gasteiger partial charge in [-0.25, -0.2) is 4.98 Å². The van der Waals surface area contributed by atoms with E-state index in [0.29, 0.717) is 0 Å². The van der Waals surface area contributed by atoms with E-state index < -0.39 is 0 Å². The molecule has 0 unspecified atom stereocenters. The molecule has 0 N–H and O–H groups in total. The Hall–Kier alpha value is -1.81. The van der Waals surface area contributed by atoms with Gasteiger partial charge >= 0.3 is 0 Å². The van der Waals surface area contributed by atoms with E-state index in [1.165, 1.54) is 11.1 Å². The summed E-state index contributed by atoms with van der Waals surface area (Å²) in [5, 5.41) is 1.08. The molecular weight excluding hydrogens is 254 g/mol. The van der Waals surface area contributed by atoms with Crippen molar-refractivity contribution in [2.24, 2.45) is 0 Å². The molecule has 0 radical (unpaired) electrons. The van der Waals surface area contributed by atoms with E-state index in [9.17, 15) is 0 Å². The smallest absolute Gasteiger partial charge is 0.169 e. The van der Waals surface area contributed by atoms with Crippen molar-refractivity contribution in [2.45, 2.75) is 24.4 Å². The Morgan fingerprint density at radius 2 is 2.05 bits per heavy atom. The van der Waals surface area contributed by atoms with Crippen LogP contribution in [-0.4, -0.2) is 14.5 Å². The van der Waals surface area contributed by atoms with Gasteiger partial charge in [-0.3, -0.25) is 4.98 Å². The van der Waals surface area contributed by atoms with Gasteiger partial charge in [-0.15, -0.1) is 0 Å². The van der Waals surface area contributed by atoms with Crippen LogP contribution in [-0.2, 0) is 12.3 Å². The Labute approximate surface area is 116 Å². The molecule has 0 saturated heterocycles. The van der Waals surface area contributed by atoms with Crippen LogP contribution in [0.3, 0.4) is 0 Å². The van der Waals surface area contributed by atoms with Crippen molar-refractivity contribution < 1.29 is 0 Å². The number of nitrogens with zero attached hydrogens (tertiary/aromatic N) is 3. The van der Waals surface area contributed by atoms with E-state index in [1.807, 2.05) is 18.3 Å². The van der Waals surface area contributed by atoms with Gasteiger partial charge in [0.25, 0.3) is 0 Å². The van der Waals surface area contributed by atoms with Crippen molar-refractivity contribution in [2.75, 3.05) is 0 Å². The number of imidazole rings is 1. The topological polar surface area (TPSA) is 30.7 Å². The van der Waals surface area contributed by atoms with E-state index in [4.69, 9.17) is 4.98 Å². The highest BCUT2D eigenvalue weighted by molar-refractivity contribution is 7.98. The van der Waals surface area contributed by atoms with Crippen LogP contribution >= 0.6 is 11.8 Å². The molecule has 0 atom stereocenters. The fourth-order valence-corrected chi connectivity index (χ4v) is 3.11. The normalized spacial score (nSPS) is 11.0. The molecule has 3 nitrogen and oxygen atoms in total. The van der Waals surface area contributed by atoms with Gasteiger partial charge in [-0.1, -0.05) is 30.0 Å². The zero-order valence-corrected chi connectivity index (χ0v) is 11.6. The van der Waals surface area contributed by atoms with Crippen LogP contribution < -0.4 is 0 Å². The summed E-state index contributed by atoms with van der Waals surface area (Å²) in [4.78, 5) is 8.85. The number of hydrogen-bond donors (Lipinski definition) is 0. The van der Waals surface area contributed by atoms with Crippen LogP contribution in [0.1, 0.15) is 12.5 Å². The summed E-state index contributed by atoms with van der Waals surface area (Å²) < 4.78 is 2.26. The van der Waals surface area contributed by atoms with Gasteiger partial charge in [0.2, 0.25) is 0 Å². The average molecular weight is 269 g/mol. The number of hydrogen-bond acceptors (Lipinski definition) is 3. The molecule has 0 aliphatic heterocycles. The zero-order valence-electron chi connectivity index (χ0n) is 10.8. The van der Waals surface area contributed by atoms with Crippen LogP contribution in [0.4, 0.5) is 0 Å². The number of aryl methyl sites for hydroxylation is 1. The zero-order chi connectivity index (χ0) is 13.1. The summed E-state index contributed by atoms with van der Waals surface area (Å²) in [6.07, 6.45) is 3.71. The number of benzene rings is 1. The Morgan fingerprint density at radius 3 is 2.84 bits per heavy atom. The minimum Gasteiger partial charge on any atom is -0.319 e. The monoisotopic (exact) mass is 269 g/mol. The molecule has 1 aromatic carbocycles. The first-order valence-corrected chi connectivity index (χ1v) is 7.34. The fraction of sp³-hybridized carbons (Fsp3) is 0.200. The van der Waals surface area contributed by atoms with Gasteiger partial charge in [-0.05, 0) is 30.7 Å². The number of aromatic nitrogens is 3. The summed E-state index contributed by atoms with van der Waals surface area (Å²) >= 11 is 1.76. The summed E-state index contributed by atoms with van der Waals surface area (Å²) in [6.45, 7) is 3.10. The molecule has 0 saturated carbocycles. The third-order valence-corrected chi connectivity index (χ3v) is 4.07. The van der Waals surface area contributed by atoms with Crippen LogP contribution in [0.25, 0.3) is 11.0 Å². The van der Waals surface area contributed by atoms with Gasteiger partial charge in [0.15, 0.2) is 5.16 Å². The maximum absolute atomic E-state index is 4.70. The van der Waals surface area contributed by atoms with E-state index in [0.717, 1.165) is 23.0 Å². The second-order valence-electron chi connectivity index (χ2n) is 4.28. The molecule has 19 heavy (non-hydrogen) atoms. The van der Waals surface area contributed by atoms with E-state index in [-0.39, 0.29) is 0 Å². The van der Waals surface area contributed by atoms with E-state index in [2.05, 4.69) is 40.7 Å². The van der Waals surface area contributed by atoms with Gasteiger partial charge in [0.05, 0.1) is 11.0 Å². The SMILES string of the molecule is CCn1c(SCc2cccnc2)nc2ccccc21. The lowest BCUT2D eigenvalue weighted by Gasteiger charge is -2.05. The van der Waals surface area contributed by atoms with Crippen molar-refractivity contribution in [1.82, 2.24) is 14.5 Å². The maximum atomic E-state index is 4.70. The van der Waals surface area contributed by atoms with Gasteiger partial charge in [0, 0.05) is 24.7 Å². The van der Waals surface area contributed by atoms with Crippen molar-refractivity contribution in [1.29, 1.82) is 0 Å². The number of para-hydroxylation sites is 2. The summed E-state index contributed by atoms with van der Waals surface area (Å²) in [6, 6.07) is 12.4. The Balaban J connectivity index is 1.88. The highest BCUT2D eigenvalue weighted by Gasteiger charge is 2.09. The molecule has 96 valence electrons. The molecule has 3 rings (SSSR count). The number of rotatable bonds is 4. The predicted molar refractivity (Wildman–Crippen MR) is 79.2 cm³/mol. The minimum absolute atomic E-state index is 0.900. The Kier molecular flexibility index (Phi) is 3.51. The first-order valence-electron chi connectivity index (χ1n) is 6.35. The highest BCUT2D eigenvalue weighted by atomic mass is 32.2. The molecule has 4 heteroatoms. The average Bonchev–Trinajstić information content (AvgIpc) is 2.83. The lowest BCUT2D eigenvalue weighted by Crippen LogP contribution is -1.96. The standard InChI is InChI=1S/C15H15N3S/c1-2-18-14-8-4-3-7-13(14)17-15(18)19-11-12-6-5-9-16-10-12/h3-10H,2,11H2,1H3. The summed E-state index contributed by atoms with van der Waals surface area (Å²) in [5.41, 5.74) is 3.50. The van der Waals surface area contributed by atoms with Crippen molar-refractivity contribution >= 4 is 22.8 Å². The molecule has 0 aliphatic carbocycles. The van der Waals surface area contributed by atoms with Crippen LogP contribution in [0.2, 0.25) is 0 Å². The van der Waals surface area contributed by atoms with Crippen LogP contribution in [0, 0.1) is 0 Å². The first-order chi connectivity index (χ1) is 9.38. The second-order valence-corrected chi connectivity index (χ2v) is 5.22. The largest absolute Gasteiger partial charge is 0.319 e. The van der Waals surface area contributed by atoms with Crippen LogP contribution in [0.15, 0.2) is 53.9 Å². The third-order valence-electron chi connectivity index (χ3n) is 3.03. The molecule has 2 aromatic heterocycles. The molecule has 0 aliphatic rings. The summed E-state index contributed by atoms with van der Waals surface area (Å²) in [7, 11) is 0. The summed E-state index contributed by atoms with van der Waals surface area (Å²) in [5.74, 6) is 0.900. The van der Waals surface area contributed by atoms with E-state index in [1.54, 1.807) is 18.0 Å². The highest BCUT2D eigenvalue weighted by Crippen LogP contribution is 2.26. The number of thioether (sulfide) groups is 1. The quantitative estimate of drug-likeness (QED) is 0.676. The Bertz CT molecular complexity index is 676. The fourth-order valence-electron chi connectivity index (χ4n) is 2.10. The molecule has 0 bridgehead atoms. The lowest BCUT2D eigenvalue weighted by atomic mass is 10.3. The van der Waals surface area contributed by atoms with Crippen molar-refractivity contribution in [3.63, 3.8) is 0 Å². The third kappa shape index (κ3) is 2.49. The molecule has 0 fully saturated rings.